The first-order valence-electron chi connectivity index (χ1n) is 7.64. The van der Waals surface area contributed by atoms with Gasteiger partial charge in [-0.15, -0.1) is 0 Å². The molecule has 11 nitrogen and oxygen atoms in total. The molecule has 0 rings (SSSR count). The number of aliphatic hydroxyl groups excluding tert-OH is 1. The van der Waals surface area contributed by atoms with Crippen LogP contribution in [0.2, 0.25) is 0 Å². The molecule has 28 heavy (non-hydrogen) atoms. The normalized spacial score (nSPS) is 21.1. The van der Waals surface area contributed by atoms with Crippen LogP contribution < -0.4 is 0 Å². The van der Waals surface area contributed by atoms with Crippen LogP contribution >= 0.6 is 11.6 Å². The first kappa shape index (κ1) is 26.1. The lowest BCUT2D eigenvalue weighted by Crippen LogP contribution is -2.86. The third-order valence-corrected chi connectivity index (χ3v) is 5.00. The van der Waals surface area contributed by atoms with Gasteiger partial charge in [0, 0.05) is 0 Å². The molecule has 0 saturated heterocycles. The van der Waals surface area contributed by atoms with Crippen molar-refractivity contribution in [1.29, 1.82) is 0 Å². The van der Waals surface area contributed by atoms with Crippen LogP contribution in [0, 0.1) is 0 Å². The summed E-state index contributed by atoms with van der Waals surface area (Å²) in [6.07, 6.45) is -2.92. The number of hydrogen-bond donors (Lipinski definition) is 5. The average molecular weight is 425 g/mol. The van der Waals surface area contributed by atoms with Crippen molar-refractivity contribution in [3.63, 3.8) is 0 Å². The van der Waals surface area contributed by atoms with Crippen molar-refractivity contribution in [1.82, 2.24) is 0 Å². The number of aliphatic hydroxyl groups is 5. The molecule has 12 heteroatoms. The Morgan fingerprint density at radius 2 is 1.04 bits per heavy atom. The van der Waals surface area contributed by atoms with E-state index in [-0.39, 0.29) is 0 Å². The minimum absolute atomic E-state index is 0.391. The standard InChI is InChI=1S/C16H21ClO11/c1-6(18)11(23)13(25,7(2)19)15(27,9(4)21)16(28,10(5)22)14(26,8(3)20)12(17)24/h11,23,25-28H,1-5H3. The molecular weight excluding hydrogens is 404 g/mol. The SMILES string of the molecule is CC(=O)C(O)C(O)(C(C)=O)C(O)(C(C)=O)C(O)(C(C)=O)C(O)(C(C)=O)C(=O)Cl. The molecule has 0 aliphatic heterocycles. The van der Waals surface area contributed by atoms with Gasteiger partial charge in [-0.1, -0.05) is 0 Å². The van der Waals surface area contributed by atoms with Crippen molar-refractivity contribution in [3.8, 4) is 0 Å². The van der Waals surface area contributed by atoms with Crippen LogP contribution in [0.25, 0.3) is 0 Å². The summed E-state index contributed by atoms with van der Waals surface area (Å²) in [5.74, 6) is -8.62. The van der Waals surface area contributed by atoms with Gasteiger partial charge < -0.3 is 25.5 Å². The van der Waals surface area contributed by atoms with Gasteiger partial charge in [0.2, 0.25) is 16.8 Å². The predicted molar refractivity (Wildman–Crippen MR) is 90.1 cm³/mol. The topological polar surface area (TPSA) is 204 Å². The Kier molecular flexibility index (Phi) is 7.32. The zero-order valence-corrected chi connectivity index (χ0v) is 16.4. The largest absolute Gasteiger partial charge is 0.382 e. The minimum Gasteiger partial charge on any atom is -0.382 e. The zero-order chi connectivity index (χ0) is 23.0. The van der Waals surface area contributed by atoms with Gasteiger partial charge in [-0.05, 0) is 46.2 Å². The van der Waals surface area contributed by atoms with E-state index < -0.39 is 62.7 Å². The molecule has 5 atom stereocenters. The average Bonchev–Trinajstić information content (AvgIpc) is 2.56. The fraction of sp³-hybridized carbons (Fsp3) is 0.625. The lowest BCUT2D eigenvalue weighted by atomic mass is 9.57. The Labute approximate surface area is 163 Å². The third kappa shape index (κ3) is 3.04. The molecule has 0 aliphatic rings. The molecule has 0 saturated carbocycles. The first-order chi connectivity index (χ1) is 12.3. The maximum atomic E-state index is 12.3. The molecule has 5 unspecified atom stereocenters. The van der Waals surface area contributed by atoms with Crippen LogP contribution in [0.3, 0.4) is 0 Å². The van der Waals surface area contributed by atoms with E-state index in [1.165, 1.54) is 0 Å². The summed E-state index contributed by atoms with van der Waals surface area (Å²) in [7, 11) is 0. The van der Waals surface area contributed by atoms with Crippen molar-refractivity contribution >= 4 is 45.8 Å². The second-order valence-corrected chi connectivity index (χ2v) is 6.75. The minimum atomic E-state index is -4.28. The monoisotopic (exact) mass is 424 g/mol. The molecule has 0 spiro atoms. The van der Waals surface area contributed by atoms with E-state index in [2.05, 4.69) is 0 Å². The predicted octanol–water partition coefficient (Wildman–Crippen LogP) is -3.02. The van der Waals surface area contributed by atoms with Gasteiger partial charge >= 0.3 is 0 Å². The van der Waals surface area contributed by atoms with Gasteiger partial charge in [-0.25, -0.2) is 0 Å². The number of halogens is 1. The Hall–Kier alpha value is -1.89. The van der Waals surface area contributed by atoms with Gasteiger partial charge in [-0.3, -0.25) is 28.8 Å². The molecular formula is C16H21ClO11. The lowest BCUT2D eigenvalue weighted by Gasteiger charge is -2.53. The number of carbonyl (C=O) groups is 6. The molecule has 0 aromatic heterocycles. The van der Waals surface area contributed by atoms with Crippen LogP contribution in [0.15, 0.2) is 0 Å². The van der Waals surface area contributed by atoms with E-state index in [1.54, 1.807) is 0 Å². The Morgan fingerprint density at radius 3 is 1.21 bits per heavy atom. The Bertz CT molecular complexity index is 746. The summed E-state index contributed by atoms with van der Waals surface area (Å²) in [5.41, 5.74) is -16.6. The lowest BCUT2D eigenvalue weighted by molar-refractivity contribution is -0.270. The smallest absolute Gasteiger partial charge is 0.264 e. The fourth-order valence-corrected chi connectivity index (χ4v) is 3.31. The summed E-state index contributed by atoms with van der Waals surface area (Å²) in [6.45, 7) is 2.32. The van der Waals surface area contributed by atoms with Crippen LogP contribution in [-0.4, -0.2) is 88.2 Å². The Morgan fingerprint density at radius 1 is 0.679 bits per heavy atom. The highest BCUT2D eigenvalue weighted by Crippen LogP contribution is 2.45. The van der Waals surface area contributed by atoms with E-state index in [9.17, 15) is 54.3 Å². The van der Waals surface area contributed by atoms with Crippen molar-refractivity contribution in [2.24, 2.45) is 0 Å². The number of hydrogen-bond acceptors (Lipinski definition) is 11. The maximum absolute atomic E-state index is 12.3. The molecule has 158 valence electrons. The van der Waals surface area contributed by atoms with Crippen LogP contribution in [0.5, 0.6) is 0 Å². The number of Topliss-reactive ketones (excluding diaryl/α,β-unsaturated/α-hetero) is 5. The Balaban J connectivity index is 7.76. The quantitative estimate of drug-likeness (QED) is 0.176. The van der Waals surface area contributed by atoms with E-state index in [4.69, 9.17) is 11.6 Å². The van der Waals surface area contributed by atoms with Crippen LogP contribution in [0.1, 0.15) is 34.6 Å². The molecule has 0 radical (unpaired) electrons. The first-order valence-corrected chi connectivity index (χ1v) is 8.02. The van der Waals surface area contributed by atoms with Crippen molar-refractivity contribution in [2.45, 2.75) is 63.1 Å². The molecule has 0 fully saturated rings. The molecule has 0 bridgehead atoms. The van der Waals surface area contributed by atoms with E-state index in [1.807, 2.05) is 0 Å². The molecule has 0 aliphatic carbocycles. The van der Waals surface area contributed by atoms with Crippen LogP contribution in [0.4, 0.5) is 0 Å². The molecule has 0 aromatic carbocycles. The highest BCUT2D eigenvalue weighted by atomic mass is 35.5. The summed E-state index contributed by atoms with van der Waals surface area (Å²) in [5, 5.41) is 51.1. The summed E-state index contributed by atoms with van der Waals surface area (Å²) >= 11 is 5.15. The van der Waals surface area contributed by atoms with Gasteiger partial charge in [-0.2, -0.15) is 0 Å². The van der Waals surface area contributed by atoms with E-state index in [0.717, 1.165) is 0 Å². The van der Waals surface area contributed by atoms with Crippen LogP contribution in [-0.2, 0) is 28.8 Å². The number of rotatable bonds is 10. The molecule has 0 amide bonds. The van der Waals surface area contributed by atoms with E-state index >= 15 is 0 Å². The second kappa shape index (κ2) is 7.85. The highest BCUT2D eigenvalue weighted by Gasteiger charge is 2.80. The third-order valence-electron chi connectivity index (χ3n) is 4.73. The molecule has 0 aromatic rings. The van der Waals surface area contributed by atoms with Crippen molar-refractivity contribution in [2.75, 3.05) is 0 Å². The molecule has 0 heterocycles. The van der Waals surface area contributed by atoms with Gasteiger partial charge in [0.1, 0.15) is 0 Å². The van der Waals surface area contributed by atoms with Gasteiger partial charge in [0.05, 0.1) is 0 Å². The van der Waals surface area contributed by atoms with Gasteiger partial charge in [0.25, 0.3) is 5.24 Å². The number of ketones is 5. The maximum Gasteiger partial charge on any atom is 0.264 e. The van der Waals surface area contributed by atoms with Crippen molar-refractivity contribution in [3.05, 3.63) is 0 Å². The summed E-state index contributed by atoms with van der Waals surface area (Å²) in [4.78, 5) is 72.0. The van der Waals surface area contributed by atoms with Crippen molar-refractivity contribution < 1.29 is 54.3 Å². The second-order valence-electron chi connectivity index (χ2n) is 6.41. The highest BCUT2D eigenvalue weighted by molar-refractivity contribution is 6.68. The summed E-state index contributed by atoms with van der Waals surface area (Å²) < 4.78 is 0. The fourth-order valence-electron chi connectivity index (χ4n) is 3.04. The molecule has 5 N–H and O–H groups in total. The van der Waals surface area contributed by atoms with E-state index in [0.29, 0.717) is 34.6 Å². The zero-order valence-electron chi connectivity index (χ0n) is 15.6. The number of carbonyl (C=O) groups excluding carboxylic acids is 6. The van der Waals surface area contributed by atoms with Gasteiger partial charge in [0.15, 0.2) is 40.6 Å². The summed E-state index contributed by atoms with van der Waals surface area (Å²) in [6, 6.07) is 0.